The summed E-state index contributed by atoms with van der Waals surface area (Å²) in [7, 11) is -9.39. The van der Waals surface area contributed by atoms with Crippen LogP contribution in [0.15, 0.2) is 0 Å². The van der Waals surface area contributed by atoms with Crippen molar-refractivity contribution in [3.05, 3.63) is 0 Å². The van der Waals surface area contributed by atoms with Gasteiger partial charge in [-0.1, -0.05) is 0 Å². The Balaban J connectivity index is -0.000000101. The number of hydrogen-bond acceptors (Lipinski definition) is 3. The van der Waals surface area contributed by atoms with E-state index in [4.69, 9.17) is 43.1 Å². The van der Waals surface area contributed by atoms with Crippen LogP contribution in [0.3, 0.4) is 0 Å². The van der Waals surface area contributed by atoms with Gasteiger partial charge in [0.15, 0.2) is 0 Å². The van der Waals surface area contributed by atoms with Gasteiger partial charge in [0.2, 0.25) is 0 Å². The van der Waals surface area contributed by atoms with Gasteiger partial charge in [-0.3, -0.25) is 13.7 Å². The highest BCUT2D eigenvalue weighted by atomic mass is 31.1. The second-order valence-corrected chi connectivity index (χ2v) is 2.54. The normalized spacial score (nSPS) is 8.75. The number of rotatable bonds is 0. The predicted octanol–water partition coefficient (Wildman–Crippen LogP) is -1.92. The monoisotopic (exact) mass is 246 g/mol. The van der Waals surface area contributed by atoms with Gasteiger partial charge < -0.3 is 29.4 Å². The van der Waals surface area contributed by atoms with Crippen LogP contribution in [0.1, 0.15) is 0 Å². The third-order valence-electron chi connectivity index (χ3n) is 0. The predicted molar refractivity (Wildman–Crippen MR) is 40.3 cm³/mol. The van der Waals surface area contributed by atoms with Crippen molar-refractivity contribution >= 4 is 24.8 Å². The molecular weight excluding hydrogens is 237 g/mol. The molecule has 12 heteroatoms. The van der Waals surface area contributed by atoms with Crippen molar-refractivity contribution in [1.29, 1.82) is 0 Å². The molecule has 0 heterocycles. The molecule has 0 spiro atoms. The molecular formula is H9O9P3. The van der Waals surface area contributed by atoms with E-state index in [0.29, 0.717) is 0 Å². The quantitative estimate of drug-likeness (QED) is 0.266. The van der Waals surface area contributed by atoms with Gasteiger partial charge >= 0.3 is 24.8 Å². The van der Waals surface area contributed by atoms with Gasteiger partial charge in [-0.25, -0.2) is 0 Å². The minimum Gasteiger partial charge on any atom is -0.326 e. The van der Waals surface area contributed by atoms with Crippen LogP contribution in [0.25, 0.3) is 0 Å². The average Bonchev–Trinajstić information content (AvgIpc) is 1.54. The maximum absolute atomic E-state index is 8.74. The Kier molecular flexibility index (Phi) is 21.3. The zero-order valence-electron chi connectivity index (χ0n) is 5.41. The first kappa shape index (κ1) is 18.3. The fourth-order valence-electron chi connectivity index (χ4n) is 0. The van der Waals surface area contributed by atoms with Crippen LogP contribution in [-0.2, 0) is 13.7 Å². The molecule has 0 unspecified atom stereocenters. The average molecular weight is 246 g/mol. The fourth-order valence-corrected chi connectivity index (χ4v) is 0. The van der Waals surface area contributed by atoms with Crippen LogP contribution in [0.4, 0.5) is 0 Å². The number of hydrogen-bond donors (Lipinski definition) is 6. The van der Waals surface area contributed by atoms with Gasteiger partial charge in [-0.05, 0) is 0 Å². The lowest BCUT2D eigenvalue weighted by atomic mass is 15.8. The summed E-state index contributed by atoms with van der Waals surface area (Å²) >= 11 is 0. The van der Waals surface area contributed by atoms with Crippen molar-refractivity contribution in [3.63, 3.8) is 0 Å². The second kappa shape index (κ2) is 14.0. The van der Waals surface area contributed by atoms with E-state index in [1.165, 1.54) is 0 Å². The van der Waals surface area contributed by atoms with Gasteiger partial charge in [-0.2, -0.15) is 0 Å². The van der Waals surface area contributed by atoms with Crippen molar-refractivity contribution < 1.29 is 43.1 Å². The second-order valence-electron chi connectivity index (χ2n) is 0.848. The van der Waals surface area contributed by atoms with Crippen molar-refractivity contribution in [2.75, 3.05) is 0 Å². The maximum atomic E-state index is 8.74. The molecule has 0 saturated carbocycles. The lowest BCUT2D eigenvalue weighted by Crippen LogP contribution is -1.38. The summed E-state index contributed by atoms with van der Waals surface area (Å²) in [5.74, 6) is 0. The highest BCUT2D eigenvalue weighted by Crippen LogP contribution is 1.99. The molecule has 0 atom stereocenters. The minimum absolute atomic E-state index is 3.13. The molecule has 0 aromatic carbocycles. The SMILES string of the molecule is O=[PH](O)O.O=[PH](O)O.O=[PH](O)O. The largest absolute Gasteiger partial charge is 0.326 e. The van der Waals surface area contributed by atoms with Crippen LogP contribution < -0.4 is 0 Å². The highest BCUT2D eigenvalue weighted by Gasteiger charge is 1.62. The Morgan fingerprint density at radius 2 is 0.500 bits per heavy atom. The summed E-state index contributed by atoms with van der Waals surface area (Å²) in [6.07, 6.45) is 0. The van der Waals surface area contributed by atoms with Crippen molar-refractivity contribution in [3.8, 4) is 0 Å². The zero-order valence-corrected chi connectivity index (χ0v) is 8.41. The first-order valence-electron chi connectivity index (χ1n) is 1.95. The fraction of sp³-hybridized carbons (Fsp3) is 0. The lowest BCUT2D eigenvalue weighted by molar-refractivity contribution is 0.403. The molecule has 0 radical (unpaired) electrons. The minimum atomic E-state index is -3.13. The van der Waals surface area contributed by atoms with E-state index in [9.17, 15) is 0 Å². The van der Waals surface area contributed by atoms with Crippen LogP contribution >= 0.6 is 24.8 Å². The summed E-state index contributed by atoms with van der Waals surface area (Å²) in [6, 6.07) is 0. The lowest BCUT2D eigenvalue weighted by Gasteiger charge is -1.61. The molecule has 0 aromatic heterocycles. The van der Waals surface area contributed by atoms with Gasteiger partial charge in [-0.15, -0.1) is 0 Å². The molecule has 0 rings (SSSR count). The van der Waals surface area contributed by atoms with Crippen LogP contribution in [-0.4, -0.2) is 29.4 Å². The van der Waals surface area contributed by atoms with Gasteiger partial charge in [0.1, 0.15) is 0 Å². The van der Waals surface area contributed by atoms with Gasteiger partial charge in [0.05, 0.1) is 0 Å². The Bertz CT molecular complexity index is 107. The van der Waals surface area contributed by atoms with E-state index < -0.39 is 24.8 Å². The third kappa shape index (κ3) is 4610. The molecule has 9 nitrogen and oxygen atoms in total. The van der Waals surface area contributed by atoms with Gasteiger partial charge in [0.25, 0.3) is 0 Å². The van der Waals surface area contributed by atoms with Crippen LogP contribution in [0.2, 0.25) is 0 Å². The maximum Gasteiger partial charge on any atom is 0.314 e. The van der Waals surface area contributed by atoms with Crippen molar-refractivity contribution in [2.24, 2.45) is 0 Å². The summed E-state index contributed by atoms with van der Waals surface area (Å²) in [6.45, 7) is 0. The molecule has 0 fully saturated rings. The first-order valence-corrected chi connectivity index (χ1v) is 5.86. The molecule has 0 aliphatic carbocycles. The summed E-state index contributed by atoms with van der Waals surface area (Å²) in [4.78, 5) is 42.9. The third-order valence-corrected chi connectivity index (χ3v) is 0. The molecule has 0 aromatic rings. The summed E-state index contributed by atoms with van der Waals surface area (Å²) in [5.41, 5.74) is 0. The molecule has 6 N–H and O–H groups in total. The van der Waals surface area contributed by atoms with E-state index in [0.717, 1.165) is 0 Å². The highest BCUT2D eigenvalue weighted by molar-refractivity contribution is 7.31. The smallest absolute Gasteiger partial charge is 0.314 e. The standard InChI is InChI=1S/3H3O3P/c3*1-4(2)3/h3*4H,(H2,1,2,3). The van der Waals surface area contributed by atoms with Crippen LogP contribution in [0.5, 0.6) is 0 Å². The topological polar surface area (TPSA) is 173 Å². The zero-order chi connectivity index (χ0) is 10.7. The Morgan fingerprint density at radius 3 is 0.500 bits per heavy atom. The molecule has 12 heavy (non-hydrogen) atoms. The molecule has 0 aliphatic rings. The summed E-state index contributed by atoms with van der Waals surface area (Å²) in [5, 5.41) is 0. The van der Waals surface area contributed by atoms with E-state index in [-0.39, 0.29) is 0 Å². The molecule has 0 bridgehead atoms. The molecule has 0 amide bonds. The molecule has 0 saturated heterocycles. The van der Waals surface area contributed by atoms with E-state index in [2.05, 4.69) is 0 Å². The van der Waals surface area contributed by atoms with Crippen molar-refractivity contribution in [2.45, 2.75) is 0 Å². The van der Waals surface area contributed by atoms with E-state index in [1.807, 2.05) is 0 Å². The Hall–Kier alpha value is 0.450. The Morgan fingerprint density at radius 1 is 0.500 bits per heavy atom. The molecule has 78 valence electrons. The van der Waals surface area contributed by atoms with E-state index in [1.54, 1.807) is 0 Å². The summed E-state index contributed by atoms with van der Waals surface area (Å²) < 4.78 is 26.2. The van der Waals surface area contributed by atoms with Crippen LogP contribution in [0, 0.1) is 0 Å². The van der Waals surface area contributed by atoms with Crippen molar-refractivity contribution in [1.82, 2.24) is 0 Å². The molecule has 0 aliphatic heterocycles. The van der Waals surface area contributed by atoms with Gasteiger partial charge in [0, 0.05) is 0 Å². The Labute approximate surface area is 68.8 Å². The first-order chi connectivity index (χ1) is 5.20. The van der Waals surface area contributed by atoms with E-state index >= 15 is 0 Å².